The third kappa shape index (κ3) is 3.73. The number of hydrogen-bond acceptors (Lipinski definition) is 5. The van der Waals surface area contributed by atoms with Crippen molar-refractivity contribution in [2.24, 2.45) is 0 Å². The molecule has 1 aliphatic rings. The molecule has 32 heavy (non-hydrogen) atoms. The summed E-state index contributed by atoms with van der Waals surface area (Å²) < 4.78 is 45.2. The number of aryl methyl sites for hydroxylation is 1. The highest BCUT2D eigenvalue weighted by Crippen LogP contribution is 2.40. The second kappa shape index (κ2) is 7.98. The molecule has 0 spiro atoms. The number of rotatable bonds is 3. The van der Waals surface area contributed by atoms with Crippen molar-refractivity contribution in [3.8, 4) is 5.88 Å². The maximum atomic E-state index is 13.4. The smallest absolute Gasteiger partial charge is 0.417 e. The number of halogens is 4. The summed E-state index contributed by atoms with van der Waals surface area (Å²) in [6, 6.07) is 9.29. The SMILES string of the molecule is COc1ccc(N2CN(c3cccc(Cl)c3C)c3ncc(C(F)(F)F)cc3C2=O)c(C)n1. The Bertz CT molecular complexity index is 1220. The number of amides is 1. The van der Waals surface area contributed by atoms with E-state index in [1.807, 2.05) is 0 Å². The molecular weight excluding hydrogens is 445 g/mol. The van der Waals surface area contributed by atoms with Gasteiger partial charge in [-0.1, -0.05) is 17.7 Å². The first kappa shape index (κ1) is 21.9. The number of anilines is 3. The predicted molar refractivity (Wildman–Crippen MR) is 115 cm³/mol. The van der Waals surface area contributed by atoms with Crippen molar-refractivity contribution in [2.75, 3.05) is 23.6 Å². The van der Waals surface area contributed by atoms with E-state index in [2.05, 4.69) is 9.97 Å². The van der Waals surface area contributed by atoms with Gasteiger partial charge in [0.25, 0.3) is 5.91 Å². The molecule has 2 aromatic heterocycles. The molecule has 0 unspecified atom stereocenters. The molecule has 0 N–H and O–H groups in total. The molecule has 0 aliphatic carbocycles. The number of alkyl halides is 3. The van der Waals surface area contributed by atoms with Gasteiger partial charge in [-0.15, -0.1) is 0 Å². The third-order valence-corrected chi connectivity index (χ3v) is 5.68. The van der Waals surface area contributed by atoms with Crippen molar-refractivity contribution >= 4 is 34.7 Å². The Balaban J connectivity index is 1.91. The van der Waals surface area contributed by atoms with Crippen LogP contribution in [0.5, 0.6) is 5.88 Å². The number of nitrogens with zero attached hydrogens (tertiary/aromatic N) is 4. The lowest BCUT2D eigenvalue weighted by atomic mass is 10.1. The van der Waals surface area contributed by atoms with Crippen LogP contribution in [0.1, 0.15) is 27.2 Å². The van der Waals surface area contributed by atoms with Crippen LogP contribution in [0.4, 0.5) is 30.4 Å². The highest BCUT2D eigenvalue weighted by Gasteiger charge is 2.38. The van der Waals surface area contributed by atoms with Crippen LogP contribution in [0.2, 0.25) is 5.02 Å². The molecule has 0 bridgehead atoms. The van der Waals surface area contributed by atoms with E-state index in [1.54, 1.807) is 49.1 Å². The lowest BCUT2D eigenvalue weighted by Gasteiger charge is -2.38. The molecule has 0 saturated carbocycles. The summed E-state index contributed by atoms with van der Waals surface area (Å²) in [5.74, 6) is -0.118. The van der Waals surface area contributed by atoms with E-state index in [-0.39, 0.29) is 18.1 Å². The first-order valence-electron chi connectivity index (χ1n) is 9.55. The highest BCUT2D eigenvalue weighted by molar-refractivity contribution is 6.31. The summed E-state index contributed by atoms with van der Waals surface area (Å²) in [7, 11) is 1.47. The average molecular weight is 463 g/mol. The fourth-order valence-corrected chi connectivity index (χ4v) is 3.77. The fraction of sp³-hybridized carbons (Fsp3) is 0.227. The Kier molecular flexibility index (Phi) is 5.46. The van der Waals surface area contributed by atoms with Gasteiger partial charge in [-0.05, 0) is 43.7 Å². The van der Waals surface area contributed by atoms with Crippen LogP contribution in [-0.2, 0) is 6.18 Å². The quantitative estimate of drug-likeness (QED) is 0.512. The lowest BCUT2D eigenvalue weighted by Crippen LogP contribution is -2.46. The molecule has 0 saturated heterocycles. The zero-order valence-corrected chi connectivity index (χ0v) is 18.1. The third-order valence-electron chi connectivity index (χ3n) is 5.27. The number of pyridine rings is 2. The molecule has 4 rings (SSSR count). The number of ether oxygens (including phenoxy) is 1. The van der Waals surface area contributed by atoms with Gasteiger partial charge in [0.2, 0.25) is 5.88 Å². The number of benzene rings is 1. The van der Waals surface area contributed by atoms with E-state index in [4.69, 9.17) is 16.3 Å². The molecule has 1 amide bonds. The molecule has 1 aliphatic heterocycles. The van der Waals surface area contributed by atoms with Crippen molar-refractivity contribution in [3.63, 3.8) is 0 Å². The zero-order valence-electron chi connectivity index (χ0n) is 17.4. The zero-order chi connectivity index (χ0) is 23.2. The van der Waals surface area contributed by atoms with Crippen molar-refractivity contribution in [1.82, 2.24) is 9.97 Å². The number of carbonyl (C=O) groups excluding carboxylic acids is 1. The standard InChI is InChI=1S/C22H18ClF3N4O2/c1-12-16(23)5-4-6-17(12)29-11-30(18-7-8-19(32-3)28-13(18)2)21(31)15-9-14(22(24,25)26)10-27-20(15)29/h4-10H,11H2,1-3H3. The normalized spacial score (nSPS) is 13.9. The summed E-state index contributed by atoms with van der Waals surface area (Å²) in [6.07, 6.45) is -3.91. The van der Waals surface area contributed by atoms with Crippen LogP contribution < -0.4 is 14.5 Å². The Labute approximate surface area is 187 Å². The van der Waals surface area contributed by atoms with E-state index in [1.165, 1.54) is 12.0 Å². The van der Waals surface area contributed by atoms with Gasteiger partial charge in [-0.3, -0.25) is 9.69 Å². The number of carbonyl (C=O) groups is 1. The first-order valence-corrected chi connectivity index (χ1v) is 9.93. The molecule has 0 atom stereocenters. The van der Waals surface area contributed by atoms with Gasteiger partial charge in [0.05, 0.1) is 29.6 Å². The molecule has 0 fully saturated rings. The van der Waals surface area contributed by atoms with E-state index in [9.17, 15) is 18.0 Å². The van der Waals surface area contributed by atoms with Gasteiger partial charge in [0.1, 0.15) is 12.5 Å². The fourth-order valence-electron chi connectivity index (χ4n) is 3.60. The van der Waals surface area contributed by atoms with Crippen LogP contribution in [0, 0.1) is 13.8 Å². The number of aromatic nitrogens is 2. The first-order chi connectivity index (χ1) is 15.1. The average Bonchev–Trinajstić information content (AvgIpc) is 2.76. The van der Waals surface area contributed by atoms with E-state index in [0.29, 0.717) is 33.5 Å². The molecule has 1 aromatic carbocycles. The molecule has 0 radical (unpaired) electrons. The molecule has 10 heteroatoms. The Morgan fingerprint density at radius 2 is 1.84 bits per heavy atom. The molecule has 3 aromatic rings. The van der Waals surface area contributed by atoms with Crippen molar-refractivity contribution in [1.29, 1.82) is 0 Å². The Morgan fingerprint density at radius 3 is 2.50 bits per heavy atom. The summed E-state index contributed by atoms with van der Waals surface area (Å²) in [5.41, 5.74) is 1.11. The maximum Gasteiger partial charge on any atom is 0.417 e. The monoisotopic (exact) mass is 462 g/mol. The second-order valence-electron chi connectivity index (χ2n) is 7.24. The van der Waals surface area contributed by atoms with Gasteiger partial charge >= 0.3 is 6.18 Å². The number of methoxy groups -OCH3 is 1. The summed E-state index contributed by atoms with van der Waals surface area (Å²) >= 11 is 6.29. The molecule has 166 valence electrons. The van der Waals surface area contributed by atoms with Gasteiger partial charge in [-0.2, -0.15) is 13.2 Å². The second-order valence-corrected chi connectivity index (χ2v) is 7.64. The number of hydrogen-bond donors (Lipinski definition) is 0. The van der Waals surface area contributed by atoms with Crippen molar-refractivity contribution in [2.45, 2.75) is 20.0 Å². The lowest BCUT2D eigenvalue weighted by molar-refractivity contribution is -0.137. The minimum Gasteiger partial charge on any atom is -0.481 e. The topological polar surface area (TPSA) is 58.6 Å². The minimum atomic E-state index is -4.64. The van der Waals surface area contributed by atoms with Crippen LogP contribution >= 0.6 is 11.6 Å². The van der Waals surface area contributed by atoms with Crippen LogP contribution in [0.3, 0.4) is 0 Å². The Morgan fingerprint density at radius 1 is 1.09 bits per heavy atom. The number of fused-ring (bicyclic) bond motifs is 1. The maximum absolute atomic E-state index is 13.4. The molecule has 3 heterocycles. The van der Waals surface area contributed by atoms with Crippen LogP contribution in [0.25, 0.3) is 0 Å². The molecule has 6 nitrogen and oxygen atoms in total. The Hall–Kier alpha value is -3.33. The van der Waals surface area contributed by atoms with E-state index >= 15 is 0 Å². The van der Waals surface area contributed by atoms with Gasteiger partial charge in [-0.25, -0.2) is 9.97 Å². The van der Waals surface area contributed by atoms with Gasteiger partial charge < -0.3 is 9.64 Å². The van der Waals surface area contributed by atoms with Crippen LogP contribution in [-0.4, -0.2) is 29.7 Å². The van der Waals surface area contributed by atoms with Crippen molar-refractivity contribution < 1.29 is 22.7 Å². The predicted octanol–water partition coefficient (Wildman–Crippen LogP) is 5.53. The van der Waals surface area contributed by atoms with Crippen molar-refractivity contribution in [3.05, 3.63) is 70.0 Å². The van der Waals surface area contributed by atoms with Gasteiger partial charge in [0, 0.05) is 23.0 Å². The van der Waals surface area contributed by atoms with Crippen LogP contribution in [0.15, 0.2) is 42.6 Å². The van der Waals surface area contributed by atoms with E-state index < -0.39 is 17.6 Å². The largest absolute Gasteiger partial charge is 0.481 e. The van der Waals surface area contributed by atoms with Gasteiger partial charge in [0.15, 0.2) is 0 Å². The summed E-state index contributed by atoms with van der Waals surface area (Å²) in [5, 5.41) is 0.488. The minimum absolute atomic E-state index is 0.0141. The highest BCUT2D eigenvalue weighted by atomic mass is 35.5. The van der Waals surface area contributed by atoms with E-state index in [0.717, 1.165) is 12.3 Å². The summed E-state index contributed by atoms with van der Waals surface area (Å²) in [6.45, 7) is 3.50. The molecular formula is C22H18ClF3N4O2. The summed E-state index contributed by atoms with van der Waals surface area (Å²) in [4.78, 5) is 24.7.